The average Bonchev–Trinajstić information content (AvgIpc) is 3.24. The number of carbonyl (C=O) groups is 1. The molecule has 22 heavy (non-hydrogen) atoms. The summed E-state index contributed by atoms with van der Waals surface area (Å²) >= 11 is 1.71. The maximum Gasteiger partial charge on any atom is 0.223 e. The zero-order chi connectivity index (χ0) is 15.4. The van der Waals surface area contributed by atoms with Crippen molar-refractivity contribution in [1.29, 1.82) is 0 Å². The molecule has 1 N–H and O–H groups in total. The van der Waals surface area contributed by atoms with E-state index in [1.807, 2.05) is 18.0 Å². The van der Waals surface area contributed by atoms with Crippen molar-refractivity contribution in [3.8, 4) is 0 Å². The fourth-order valence-corrected chi connectivity index (χ4v) is 3.57. The molecule has 3 heterocycles. The Morgan fingerprint density at radius 2 is 2.41 bits per heavy atom. The second-order valence-corrected chi connectivity index (χ2v) is 6.44. The van der Waals surface area contributed by atoms with Crippen LogP contribution < -0.4 is 5.32 Å². The number of nitrogens with zero attached hydrogens (tertiary/aromatic N) is 3. The van der Waals surface area contributed by atoms with Gasteiger partial charge < -0.3 is 10.2 Å². The van der Waals surface area contributed by atoms with Crippen molar-refractivity contribution < 1.29 is 4.79 Å². The summed E-state index contributed by atoms with van der Waals surface area (Å²) in [6, 6.07) is 4.18. The van der Waals surface area contributed by atoms with Crippen LogP contribution in [0.4, 0.5) is 5.82 Å². The van der Waals surface area contributed by atoms with Gasteiger partial charge in [0, 0.05) is 24.9 Å². The molecule has 0 aromatic carbocycles. The van der Waals surface area contributed by atoms with Gasteiger partial charge in [-0.1, -0.05) is 6.07 Å². The molecule has 1 aliphatic rings. The summed E-state index contributed by atoms with van der Waals surface area (Å²) in [4.78, 5) is 24.5. The molecule has 2 aromatic heterocycles. The first kappa shape index (κ1) is 15.0. The second-order valence-electron chi connectivity index (χ2n) is 5.40. The molecule has 6 heteroatoms. The fraction of sp³-hybridized carbons (Fsp3) is 0.438. The van der Waals surface area contributed by atoms with Crippen LogP contribution in [-0.4, -0.2) is 34.4 Å². The highest BCUT2D eigenvalue weighted by Crippen LogP contribution is 2.31. The average molecular weight is 316 g/mol. The van der Waals surface area contributed by atoms with Crippen LogP contribution in [0.1, 0.15) is 35.9 Å². The van der Waals surface area contributed by atoms with Gasteiger partial charge in [-0.3, -0.25) is 9.78 Å². The third-order valence-electron chi connectivity index (χ3n) is 3.99. The highest BCUT2D eigenvalue weighted by atomic mass is 32.1. The fourth-order valence-electron chi connectivity index (χ4n) is 2.86. The van der Waals surface area contributed by atoms with Gasteiger partial charge in [-0.05, 0) is 30.7 Å². The molecule has 0 bridgehead atoms. The van der Waals surface area contributed by atoms with Crippen LogP contribution in [0.5, 0.6) is 0 Å². The second kappa shape index (κ2) is 6.87. The summed E-state index contributed by atoms with van der Waals surface area (Å²) in [6.07, 6.45) is 6.85. The third kappa shape index (κ3) is 3.27. The Bertz CT molecular complexity index is 629. The van der Waals surface area contributed by atoms with E-state index in [0.29, 0.717) is 6.42 Å². The van der Waals surface area contributed by atoms with Crippen LogP contribution >= 0.6 is 11.3 Å². The first-order chi connectivity index (χ1) is 10.8. The number of aryl methyl sites for hydroxylation is 1. The Balaban J connectivity index is 1.68. The maximum atomic E-state index is 12.5. The highest BCUT2D eigenvalue weighted by Gasteiger charge is 2.30. The van der Waals surface area contributed by atoms with Gasteiger partial charge >= 0.3 is 0 Å². The van der Waals surface area contributed by atoms with Crippen molar-refractivity contribution in [1.82, 2.24) is 14.9 Å². The van der Waals surface area contributed by atoms with Gasteiger partial charge in [-0.25, -0.2) is 4.98 Å². The largest absolute Gasteiger partial charge is 0.372 e. The topological polar surface area (TPSA) is 58.1 Å². The normalized spacial score (nSPS) is 17.7. The summed E-state index contributed by atoms with van der Waals surface area (Å²) < 4.78 is 0. The highest BCUT2D eigenvalue weighted by molar-refractivity contribution is 7.09. The predicted molar refractivity (Wildman–Crippen MR) is 87.9 cm³/mol. The lowest BCUT2D eigenvalue weighted by Crippen LogP contribution is -2.31. The summed E-state index contributed by atoms with van der Waals surface area (Å²) in [7, 11) is 1.83. The van der Waals surface area contributed by atoms with Gasteiger partial charge in [-0.15, -0.1) is 11.3 Å². The van der Waals surface area contributed by atoms with E-state index in [2.05, 4.69) is 26.7 Å². The number of anilines is 1. The number of nitrogens with one attached hydrogen (secondary N) is 1. The van der Waals surface area contributed by atoms with Crippen LogP contribution in [0.25, 0.3) is 0 Å². The lowest BCUT2D eigenvalue weighted by molar-refractivity contribution is -0.132. The molecular weight excluding hydrogens is 296 g/mol. The van der Waals surface area contributed by atoms with Crippen molar-refractivity contribution >= 4 is 23.1 Å². The van der Waals surface area contributed by atoms with Gasteiger partial charge in [0.1, 0.15) is 5.82 Å². The standard InChI is InChI=1S/C16H20N4OS/c1-17-15-11-18-10-13(19-15)14-5-2-8-20(14)16(21)7-6-12-4-3-9-22-12/h3-4,9-11,14H,2,5-8H2,1H3,(H,17,19)/t14-/m0/s1. The minimum atomic E-state index is 0.0663. The minimum Gasteiger partial charge on any atom is -0.372 e. The van der Waals surface area contributed by atoms with E-state index in [1.54, 1.807) is 23.7 Å². The number of likely N-dealkylation sites (tertiary alicyclic amines) is 1. The molecule has 0 radical (unpaired) electrons. The molecule has 2 aromatic rings. The number of hydrogen-bond acceptors (Lipinski definition) is 5. The van der Waals surface area contributed by atoms with Crippen LogP contribution in [0.15, 0.2) is 29.9 Å². The molecule has 1 atom stereocenters. The van der Waals surface area contributed by atoms with Crippen LogP contribution in [0, 0.1) is 0 Å². The van der Waals surface area contributed by atoms with E-state index in [1.165, 1.54) is 4.88 Å². The van der Waals surface area contributed by atoms with E-state index in [9.17, 15) is 4.79 Å². The number of thiophene rings is 1. The molecule has 0 unspecified atom stereocenters. The Labute approximate surface area is 134 Å². The molecule has 3 rings (SSSR count). The van der Waals surface area contributed by atoms with Crippen molar-refractivity contribution in [2.45, 2.75) is 31.7 Å². The van der Waals surface area contributed by atoms with E-state index in [4.69, 9.17) is 0 Å². The number of aromatic nitrogens is 2. The molecule has 116 valence electrons. The Morgan fingerprint density at radius 1 is 1.50 bits per heavy atom. The zero-order valence-corrected chi connectivity index (χ0v) is 13.5. The molecule has 5 nitrogen and oxygen atoms in total. The first-order valence-electron chi connectivity index (χ1n) is 7.59. The van der Waals surface area contributed by atoms with Gasteiger partial charge in [0.25, 0.3) is 0 Å². The molecule has 1 amide bonds. The van der Waals surface area contributed by atoms with Crippen LogP contribution in [0.3, 0.4) is 0 Å². The lowest BCUT2D eigenvalue weighted by Gasteiger charge is -2.24. The number of amides is 1. The third-order valence-corrected chi connectivity index (χ3v) is 4.93. The van der Waals surface area contributed by atoms with Crippen LogP contribution in [-0.2, 0) is 11.2 Å². The Morgan fingerprint density at radius 3 is 3.18 bits per heavy atom. The van der Waals surface area contributed by atoms with Gasteiger partial charge in [0.05, 0.1) is 24.1 Å². The smallest absolute Gasteiger partial charge is 0.223 e. The Kier molecular flexibility index (Phi) is 4.68. The van der Waals surface area contributed by atoms with Crippen molar-refractivity contribution in [3.05, 3.63) is 40.5 Å². The minimum absolute atomic E-state index is 0.0663. The van der Waals surface area contributed by atoms with Crippen molar-refractivity contribution in [3.63, 3.8) is 0 Å². The Hall–Kier alpha value is -1.95. The number of hydrogen-bond donors (Lipinski definition) is 1. The van der Waals surface area contributed by atoms with Crippen molar-refractivity contribution in [2.24, 2.45) is 0 Å². The number of rotatable bonds is 5. The summed E-state index contributed by atoms with van der Waals surface area (Å²) in [5.41, 5.74) is 0.883. The zero-order valence-electron chi connectivity index (χ0n) is 12.7. The molecule has 1 fully saturated rings. The monoisotopic (exact) mass is 316 g/mol. The van der Waals surface area contributed by atoms with E-state index < -0.39 is 0 Å². The summed E-state index contributed by atoms with van der Waals surface area (Å²) in [5.74, 6) is 0.961. The quantitative estimate of drug-likeness (QED) is 0.921. The summed E-state index contributed by atoms with van der Waals surface area (Å²) in [5, 5.41) is 5.06. The molecular formula is C16H20N4OS. The van der Waals surface area contributed by atoms with Gasteiger partial charge in [0.2, 0.25) is 5.91 Å². The van der Waals surface area contributed by atoms with Crippen LogP contribution in [0.2, 0.25) is 0 Å². The first-order valence-corrected chi connectivity index (χ1v) is 8.47. The van der Waals surface area contributed by atoms with E-state index >= 15 is 0 Å². The maximum absolute atomic E-state index is 12.5. The van der Waals surface area contributed by atoms with Crippen molar-refractivity contribution in [2.75, 3.05) is 18.9 Å². The number of carbonyl (C=O) groups excluding carboxylic acids is 1. The SMILES string of the molecule is CNc1cncc([C@@H]2CCCN2C(=O)CCc2cccs2)n1. The van der Waals surface area contributed by atoms with Gasteiger partial charge in [0.15, 0.2) is 0 Å². The molecule has 1 aliphatic heterocycles. The van der Waals surface area contributed by atoms with Gasteiger partial charge in [-0.2, -0.15) is 0 Å². The molecule has 1 saturated heterocycles. The molecule has 0 aliphatic carbocycles. The predicted octanol–water partition coefficient (Wildman–Crippen LogP) is 2.88. The summed E-state index contributed by atoms with van der Waals surface area (Å²) in [6.45, 7) is 0.819. The van der Waals surface area contributed by atoms with E-state index in [-0.39, 0.29) is 11.9 Å². The van der Waals surface area contributed by atoms with E-state index in [0.717, 1.165) is 37.3 Å². The lowest BCUT2D eigenvalue weighted by atomic mass is 10.1. The molecule has 0 spiro atoms. The molecule has 0 saturated carbocycles.